The van der Waals surface area contributed by atoms with Gasteiger partial charge < -0.3 is 10.6 Å². The molecule has 6 heteroatoms. The van der Waals surface area contributed by atoms with E-state index in [2.05, 4.69) is 15.6 Å². The number of hydrogen-bond acceptors (Lipinski definition) is 4. The summed E-state index contributed by atoms with van der Waals surface area (Å²) in [6.45, 7) is 0.114. The maximum Gasteiger partial charge on any atom is 0.169 e. The topological polar surface area (TPSA) is 54.0 Å². The van der Waals surface area contributed by atoms with Crippen molar-refractivity contribution in [3.8, 4) is 0 Å². The van der Waals surface area contributed by atoms with Crippen LogP contribution >= 0.6 is 11.6 Å². The van der Waals surface area contributed by atoms with Gasteiger partial charge in [-0.15, -0.1) is 0 Å². The van der Waals surface area contributed by atoms with Crippen LogP contribution in [0.2, 0.25) is 5.15 Å². The number of hydrogen-bond donors (Lipinski definition) is 2. The van der Waals surface area contributed by atoms with Crippen LogP contribution in [0, 0.1) is 5.92 Å². The molecule has 2 fully saturated rings. The van der Waals surface area contributed by atoms with Gasteiger partial charge in [-0.3, -0.25) is 4.79 Å². The SMILES string of the molecule is O=C(c1cnc(Cl)cc1NC1CCC(NCCF)CC1)C1CC1. The number of nitrogens with one attached hydrogen (secondary N) is 2. The first-order chi connectivity index (χ1) is 11.2. The van der Waals surface area contributed by atoms with Gasteiger partial charge in [0.15, 0.2) is 5.78 Å². The fraction of sp³-hybridized carbons (Fsp3) is 0.647. The summed E-state index contributed by atoms with van der Waals surface area (Å²) < 4.78 is 12.2. The van der Waals surface area contributed by atoms with E-state index >= 15 is 0 Å². The normalized spacial score (nSPS) is 24.4. The standard InChI is InChI=1S/C17H23ClFN3O/c18-16-9-15(14(10-21-16)17(23)11-1-2-11)22-13-5-3-12(4-6-13)20-8-7-19/h9-13,20H,1-8H2,(H,21,22). The van der Waals surface area contributed by atoms with Gasteiger partial charge in [0.2, 0.25) is 0 Å². The maximum absolute atomic E-state index is 12.4. The number of pyridine rings is 1. The smallest absolute Gasteiger partial charge is 0.169 e. The highest BCUT2D eigenvalue weighted by atomic mass is 35.5. The number of alkyl halides is 1. The number of rotatable bonds is 7. The van der Waals surface area contributed by atoms with Crippen molar-refractivity contribution in [1.29, 1.82) is 0 Å². The second kappa shape index (κ2) is 7.58. The molecule has 0 unspecified atom stereocenters. The lowest BCUT2D eigenvalue weighted by Crippen LogP contribution is -2.38. The van der Waals surface area contributed by atoms with Crippen molar-refractivity contribution in [2.45, 2.75) is 50.6 Å². The van der Waals surface area contributed by atoms with Crippen molar-refractivity contribution >= 4 is 23.1 Å². The van der Waals surface area contributed by atoms with Crippen molar-refractivity contribution in [2.24, 2.45) is 5.92 Å². The molecule has 4 nitrogen and oxygen atoms in total. The summed E-state index contributed by atoms with van der Waals surface area (Å²) in [6.07, 6.45) is 7.59. The van der Waals surface area contributed by atoms with Gasteiger partial charge in [0, 0.05) is 36.4 Å². The third-order valence-corrected chi connectivity index (χ3v) is 4.91. The number of carbonyl (C=O) groups is 1. The summed E-state index contributed by atoms with van der Waals surface area (Å²) in [6, 6.07) is 2.48. The minimum absolute atomic E-state index is 0.166. The van der Waals surface area contributed by atoms with Gasteiger partial charge >= 0.3 is 0 Å². The molecule has 1 aromatic rings. The van der Waals surface area contributed by atoms with Crippen molar-refractivity contribution in [3.05, 3.63) is 23.0 Å². The average molecular weight is 340 g/mol. The predicted octanol–water partition coefficient (Wildman–Crippen LogP) is 3.61. The van der Waals surface area contributed by atoms with Gasteiger partial charge in [0.1, 0.15) is 11.8 Å². The van der Waals surface area contributed by atoms with Crippen molar-refractivity contribution in [3.63, 3.8) is 0 Å². The van der Waals surface area contributed by atoms with E-state index in [4.69, 9.17) is 11.6 Å². The fourth-order valence-corrected chi connectivity index (χ4v) is 3.39. The van der Waals surface area contributed by atoms with Gasteiger partial charge in [-0.25, -0.2) is 9.37 Å². The minimum atomic E-state index is -0.319. The lowest BCUT2D eigenvalue weighted by atomic mass is 9.90. The number of Topliss-reactive ketones (excluding diaryl/α,β-unsaturated/α-hetero) is 1. The van der Waals surface area contributed by atoms with E-state index in [1.165, 1.54) is 0 Å². The first-order valence-corrected chi connectivity index (χ1v) is 8.81. The monoisotopic (exact) mass is 339 g/mol. The van der Waals surface area contributed by atoms with E-state index in [0.717, 1.165) is 44.2 Å². The Bertz CT molecular complexity index is 557. The van der Waals surface area contributed by atoms with Crippen LogP contribution < -0.4 is 10.6 Å². The lowest BCUT2D eigenvalue weighted by Gasteiger charge is -2.30. The molecule has 2 aliphatic carbocycles. The Morgan fingerprint density at radius 3 is 2.57 bits per heavy atom. The molecule has 2 saturated carbocycles. The molecule has 0 bridgehead atoms. The van der Waals surface area contributed by atoms with Crippen molar-refractivity contribution < 1.29 is 9.18 Å². The molecule has 0 saturated heterocycles. The number of nitrogens with zero attached hydrogens (tertiary/aromatic N) is 1. The van der Waals surface area contributed by atoms with E-state index in [-0.39, 0.29) is 18.4 Å². The summed E-state index contributed by atoms with van der Waals surface area (Å²) >= 11 is 6.01. The zero-order chi connectivity index (χ0) is 16.2. The third kappa shape index (κ3) is 4.42. The molecule has 23 heavy (non-hydrogen) atoms. The Morgan fingerprint density at radius 2 is 1.91 bits per heavy atom. The van der Waals surface area contributed by atoms with E-state index in [1.807, 2.05) is 0 Å². The molecule has 2 aliphatic rings. The average Bonchev–Trinajstić information content (AvgIpc) is 3.39. The maximum atomic E-state index is 12.4. The molecule has 2 N–H and O–H groups in total. The van der Waals surface area contributed by atoms with E-state index in [9.17, 15) is 9.18 Å². The number of ketones is 1. The zero-order valence-electron chi connectivity index (χ0n) is 13.2. The first-order valence-electron chi connectivity index (χ1n) is 8.43. The van der Waals surface area contributed by atoms with Crippen LogP contribution in [0.25, 0.3) is 0 Å². The summed E-state index contributed by atoms with van der Waals surface area (Å²) in [5.74, 6) is 0.342. The van der Waals surface area contributed by atoms with Gasteiger partial charge in [-0.05, 0) is 44.6 Å². The Morgan fingerprint density at radius 1 is 1.22 bits per heavy atom. The van der Waals surface area contributed by atoms with E-state index < -0.39 is 0 Å². The summed E-state index contributed by atoms with van der Waals surface area (Å²) in [7, 11) is 0. The minimum Gasteiger partial charge on any atom is -0.382 e. The van der Waals surface area contributed by atoms with Crippen LogP contribution in [-0.4, -0.2) is 36.1 Å². The molecule has 1 heterocycles. The lowest BCUT2D eigenvalue weighted by molar-refractivity contribution is 0.0968. The number of halogens is 2. The number of anilines is 1. The van der Waals surface area contributed by atoms with Crippen molar-refractivity contribution in [1.82, 2.24) is 10.3 Å². The molecule has 0 atom stereocenters. The fourth-order valence-electron chi connectivity index (χ4n) is 3.23. The molecule has 0 amide bonds. The molecular weight excluding hydrogens is 317 g/mol. The Hall–Kier alpha value is -1.20. The third-order valence-electron chi connectivity index (χ3n) is 4.70. The predicted molar refractivity (Wildman–Crippen MR) is 89.9 cm³/mol. The Labute approximate surface area is 141 Å². The second-order valence-corrected chi connectivity index (χ2v) is 6.91. The van der Waals surface area contributed by atoms with Crippen LogP contribution in [0.3, 0.4) is 0 Å². The quantitative estimate of drug-likeness (QED) is 0.588. The van der Waals surface area contributed by atoms with E-state index in [0.29, 0.717) is 29.3 Å². The zero-order valence-corrected chi connectivity index (χ0v) is 13.9. The summed E-state index contributed by atoms with van der Waals surface area (Å²) in [4.78, 5) is 16.5. The molecule has 3 rings (SSSR count). The highest BCUT2D eigenvalue weighted by Crippen LogP contribution is 2.35. The summed E-state index contributed by atoms with van der Waals surface area (Å²) in [5.41, 5.74) is 1.47. The van der Waals surface area contributed by atoms with Gasteiger partial charge in [-0.1, -0.05) is 11.6 Å². The van der Waals surface area contributed by atoms with Crippen molar-refractivity contribution in [2.75, 3.05) is 18.5 Å². The van der Waals surface area contributed by atoms with E-state index in [1.54, 1.807) is 12.3 Å². The van der Waals surface area contributed by atoms with Gasteiger partial charge in [0.25, 0.3) is 0 Å². The molecule has 0 radical (unpaired) electrons. The molecule has 0 aliphatic heterocycles. The van der Waals surface area contributed by atoms with Crippen LogP contribution in [0.1, 0.15) is 48.9 Å². The van der Waals surface area contributed by atoms with Crippen LogP contribution in [0.15, 0.2) is 12.3 Å². The largest absolute Gasteiger partial charge is 0.382 e. The Balaban J connectivity index is 1.61. The number of carbonyl (C=O) groups excluding carboxylic acids is 1. The molecule has 0 aromatic carbocycles. The number of aromatic nitrogens is 1. The molecule has 1 aromatic heterocycles. The summed E-state index contributed by atoms with van der Waals surface area (Å²) in [5, 5.41) is 7.11. The second-order valence-electron chi connectivity index (χ2n) is 6.53. The Kier molecular flexibility index (Phi) is 5.49. The molecular formula is C17H23ClFN3O. The van der Waals surface area contributed by atoms with Crippen LogP contribution in [0.4, 0.5) is 10.1 Å². The highest BCUT2D eigenvalue weighted by molar-refractivity contribution is 6.29. The van der Waals surface area contributed by atoms with Crippen LogP contribution in [-0.2, 0) is 0 Å². The molecule has 126 valence electrons. The van der Waals surface area contributed by atoms with Crippen LogP contribution in [0.5, 0.6) is 0 Å². The first kappa shape index (κ1) is 16.7. The highest BCUT2D eigenvalue weighted by Gasteiger charge is 2.32. The van der Waals surface area contributed by atoms with Gasteiger partial charge in [-0.2, -0.15) is 0 Å². The molecule has 0 spiro atoms. The van der Waals surface area contributed by atoms with Gasteiger partial charge in [0.05, 0.1) is 5.56 Å².